The molecule has 0 spiro atoms. The molecule has 2 aromatic rings. The lowest BCUT2D eigenvalue weighted by molar-refractivity contribution is -0.577. The van der Waals surface area contributed by atoms with Gasteiger partial charge in [-0.2, -0.15) is 4.58 Å². The van der Waals surface area contributed by atoms with E-state index in [4.69, 9.17) is 4.74 Å². The molecular weight excluding hydrogens is 390 g/mol. The molecule has 1 N–H and O–H groups in total. The molecule has 4 heteroatoms. The zero-order valence-electron chi connectivity index (χ0n) is 15.3. The second kappa shape index (κ2) is 8.83. The van der Waals surface area contributed by atoms with Gasteiger partial charge in [-0.15, -0.1) is 0 Å². The Hall–Kier alpha value is -1.65. The zero-order valence-corrected chi connectivity index (χ0v) is 16.9. The first-order chi connectivity index (χ1) is 12.6. The predicted octanol–water partition coefficient (Wildman–Crippen LogP) is 5.11. The van der Waals surface area contributed by atoms with E-state index in [1.54, 1.807) is 0 Å². The van der Waals surface area contributed by atoms with Crippen molar-refractivity contribution >= 4 is 21.8 Å². The smallest absolute Gasteiger partial charge is 0.335 e. The predicted molar refractivity (Wildman–Crippen MR) is 109 cm³/mol. The molecule has 26 heavy (non-hydrogen) atoms. The summed E-state index contributed by atoms with van der Waals surface area (Å²) >= 11 is 3.59. The average Bonchev–Trinajstić information content (AvgIpc) is 2.99. The molecule has 0 saturated carbocycles. The van der Waals surface area contributed by atoms with Gasteiger partial charge in [0.25, 0.3) is 0 Å². The summed E-state index contributed by atoms with van der Waals surface area (Å²) < 4.78 is 8.20. The minimum Gasteiger partial charge on any atom is -0.463 e. The monoisotopic (exact) mass is 416 g/mol. The van der Waals surface area contributed by atoms with Gasteiger partial charge in [-0.1, -0.05) is 76.6 Å². The standard InChI is InChI=1S/C22H26BrNO2/c1-18(20-10-6-3-7-11-20)24-16-22(12-13-23,14-21(24)25)17-26-15-19-8-4-2-5-9-19/h2-11,18H,12-17H2,1H3/p+1/t18-,22-/m1/s1. The molecule has 2 atom stereocenters. The Bertz CT molecular complexity index is 732. The molecule has 3 nitrogen and oxygen atoms in total. The van der Waals surface area contributed by atoms with Crippen LogP contribution in [0.25, 0.3) is 0 Å². The van der Waals surface area contributed by atoms with Gasteiger partial charge in [0.2, 0.25) is 0 Å². The van der Waals surface area contributed by atoms with Crippen LogP contribution in [0.4, 0.5) is 0 Å². The van der Waals surface area contributed by atoms with E-state index in [-0.39, 0.29) is 11.5 Å². The van der Waals surface area contributed by atoms with Crippen LogP contribution in [-0.4, -0.2) is 34.1 Å². The van der Waals surface area contributed by atoms with Crippen molar-refractivity contribution in [1.29, 1.82) is 0 Å². The van der Waals surface area contributed by atoms with E-state index in [0.717, 1.165) is 18.3 Å². The third-order valence-electron chi connectivity index (χ3n) is 5.26. The van der Waals surface area contributed by atoms with Crippen molar-refractivity contribution in [3.8, 4) is 0 Å². The molecule has 0 radical (unpaired) electrons. The summed E-state index contributed by atoms with van der Waals surface area (Å²) in [4.78, 5) is 0. The van der Waals surface area contributed by atoms with Gasteiger partial charge in [0.15, 0.2) is 12.6 Å². The first kappa shape index (κ1) is 19.1. The molecule has 0 aliphatic carbocycles. The summed E-state index contributed by atoms with van der Waals surface area (Å²) in [6.45, 7) is 4.23. The first-order valence-electron chi connectivity index (χ1n) is 9.17. The SMILES string of the molecule is C[C@H](c1ccccc1)[N+]1=C(O)C[C@@](CCBr)(COCc2ccccc2)C1. The van der Waals surface area contributed by atoms with Gasteiger partial charge < -0.3 is 9.84 Å². The van der Waals surface area contributed by atoms with Gasteiger partial charge in [0.1, 0.15) is 0 Å². The maximum atomic E-state index is 10.7. The quantitative estimate of drug-likeness (QED) is 0.478. The molecular formula is C22H27BrNO2+. The molecule has 3 rings (SSSR count). The number of rotatable bonds is 8. The summed E-state index contributed by atoms with van der Waals surface area (Å²) in [5.74, 6) is 0.477. The number of hydrogen-bond acceptors (Lipinski definition) is 1. The molecule has 1 aliphatic heterocycles. The van der Waals surface area contributed by atoms with Crippen molar-refractivity contribution in [1.82, 2.24) is 0 Å². The molecule has 0 saturated heterocycles. The fourth-order valence-electron chi connectivity index (χ4n) is 3.71. The number of ether oxygens (including phenoxy) is 1. The van der Waals surface area contributed by atoms with E-state index in [0.29, 0.717) is 25.5 Å². The van der Waals surface area contributed by atoms with Crippen LogP contribution in [0, 0.1) is 5.41 Å². The number of benzene rings is 2. The second-order valence-corrected chi connectivity index (χ2v) is 8.02. The highest BCUT2D eigenvalue weighted by atomic mass is 79.9. The molecule has 0 unspecified atom stereocenters. The van der Waals surface area contributed by atoms with Crippen LogP contribution in [0.15, 0.2) is 60.7 Å². The summed E-state index contributed by atoms with van der Waals surface area (Å²) in [6.07, 6.45) is 1.65. The molecule has 1 heterocycles. The highest BCUT2D eigenvalue weighted by Gasteiger charge is 2.47. The van der Waals surface area contributed by atoms with Crippen molar-refractivity contribution in [3.63, 3.8) is 0 Å². The third-order valence-corrected chi connectivity index (χ3v) is 5.66. The van der Waals surface area contributed by atoms with E-state index in [9.17, 15) is 5.11 Å². The number of nitrogens with zero attached hydrogens (tertiary/aromatic N) is 1. The van der Waals surface area contributed by atoms with Crippen molar-refractivity contribution in [2.45, 2.75) is 32.4 Å². The number of aliphatic hydroxyl groups is 1. The number of alkyl halides is 1. The molecule has 2 aromatic carbocycles. The topological polar surface area (TPSA) is 32.5 Å². The van der Waals surface area contributed by atoms with E-state index in [1.807, 2.05) is 36.4 Å². The Morgan fingerprint density at radius 1 is 1.12 bits per heavy atom. The fourth-order valence-corrected chi connectivity index (χ4v) is 4.55. The van der Waals surface area contributed by atoms with E-state index >= 15 is 0 Å². The Morgan fingerprint density at radius 2 is 1.77 bits per heavy atom. The van der Waals surface area contributed by atoms with Gasteiger partial charge >= 0.3 is 5.90 Å². The van der Waals surface area contributed by atoms with Crippen LogP contribution in [0.5, 0.6) is 0 Å². The number of halogens is 1. The van der Waals surface area contributed by atoms with E-state index in [1.165, 1.54) is 11.1 Å². The fraction of sp³-hybridized carbons (Fsp3) is 0.409. The van der Waals surface area contributed by atoms with Crippen molar-refractivity contribution in [2.75, 3.05) is 18.5 Å². The third kappa shape index (κ3) is 4.54. The largest absolute Gasteiger partial charge is 0.463 e. The van der Waals surface area contributed by atoms with Crippen LogP contribution >= 0.6 is 15.9 Å². The first-order valence-corrected chi connectivity index (χ1v) is 10.3. The molecule has 138 valence electrons. The Balaban J connectivity index is 1.67. The number of hydrogen-bond donors (Lipinski definition) is 1. The molecule has 1 aliphatic rings. The summed E-state index contributed by atoms with van der Waals surface area (Å²) in [5.41, 5.74) is 2.35. The number of aliphatic hydroxyl groups excluding tert-OH is 1. The van der Waals surface area contributed by atoms with Gasteiger partial charge in [0, 0.05) is 17.8 Å². The lowest BCUT2D eigenvalue weighted by atomic mass is 9.84. The maximum Gasteiger partial charge on any atom is 0.335 e. The Kier molecular flexibility index (Phi) is 6.49. The summed E-state index contributed by atoms with van der Waals surface area (Å²) in [5, 5.41) is 11.6. The normalized spacial score (nSPS) is 21.2. The molecule has 0 amide bonds. The summed E-state index contributed by atoms with van der Waals surface area (Å²) in [7, 11) is 0. The van der Waals surface area contributed by atoms with Crippen LogP contribution in [-0.2, 0) is 11.3 Å². The Morgan fingerprint density at radius 3 is 2.42 bits per heavy atom. The van der Waals surface area contributed by atoms with Crippen LogP contribution in [0.2, 0.25) is 0 Å². The lowest BCUT2D eigenvalue weighted by Gasteiger charge is -2.25. The zero-order chi connectivity index (χ0) is 18.4. The van der Waals surface area contributed by atoms with Gasteiger partial charge in [-0.05, 0) is 12.0 Å². The van der Waals surface area contributed by atoms with Crippen molar-refractivity contribution in [3.05, 3.63) is 71.8 Å². The minimum atomic E-state index is -0.0502. The highest BCUT2D eigenvalue weighted by Crippen LogP contribution is 2.36. The minimum absolute atomic E-state index is 0.0502. The Labute approximate surface area is 164 Å². The van der Waals surface area contributed by atoms with Crippen LogP contribution in [0.3, 0.4) is 0 Å². The maximum absolute atomic E-state index is 10.7. The highest BCUT2D eigenvalue weighted by molar-refractivity contribution is 9.09. The van der Waals surface area contributed by atoms with Crippen LogP contribution in [0.1, 0.15) is 36.9 Å². The summed E-state index contributed by atoms with van der Waals surface area (Å²) in [6, 6.07) is 20.8. The lowest BCUT2D eigenvalue weighted by Crippen LogP contribution is -2.32. The average molecular weight is 417 g/mol. The van der Waals surface area contributed by atoms with Crippen molar-refractivity contribution < 1.29 is 14.4 Å². The van der Waals surface area contributed by atoms with E-state index in [2.05, 4.69) is 51.7 Å². The van der Waals surface area contributed by atoms with Gasteiger partial charge in [0.05, 0.1) is 25.0 Å². The molecule has 0 bridgehead atoms. The molecule has 0 aromatic heterocycles. The van der Waals surface area contributed by atoms with E-state index < -0.39 is 0 Å². The van der Waals surface area contributed by atoms with Crippen LogP contribution < -0.4 is 0 Å². The second-order valence-electron chi connectivity index (χ2n) is 7.22. The van der Waals surface area contributed by atoms with Gasteiger partial charge in [-0.3, -0.25) is 0 Å². The van der Waals surface area contributed by atoms with Gasteiger partial charge in [-0.25, -0.2) is 0 Å². The van der Waals surface area contributed by atoms with Crippen molar-refractivity contribution in [2.24, 2.45) is 5.41 Å². The molecule has 0 fully saturated rings.